The maximum Gasteiger partial charge on any atom is 0.161 e. The summed E-state index contributed by atoms with van der Waals surface area (Å²) in [6.07, 6.45) is 1.71. The number of methoxy groups -OCH3 is 1. The first kappa shape index (κ1) is 19.2. The van der Waals surface area contributed by atoms with Crippen LogP contribution < -0.4 is 14.8 Å². The number of pyridine rings is 1. The molecule has 2 aromatic carbocycles. The number of benzene rings is 2. The maximum atomic E-state index is 5.88. The Morgan fingerprint density at radius 2 is 1.78 bits per heavy atom. The molecular formula is C22H23ClN2O2. The summed E-state index contributed by atoms with van der Waals surface area (Å²) in [7, 11) is 1.65. The van der Waals surface area contributed by atoms with Crippen LogP contribution in [-0.4, -0.2) is 12.1 Å². The molecule has 4 nitrogen and oxygen atoms in total. The van der Waals surface area contributed by atoms with Gasteiger partial charge in [0.2, 0.25) is 0 Å². The zero-order chi connectivity index (χ0) is 19.1. The molecule has 0 fully saturated rings. The molecule has 0 saturated carbocycles. The average Bonchev–Trinajstić information content (AvgIpc) is 2.72. The lowest BCUT2D eigenvalue weighted by Crippen LogP contribution is -2.18. The van der Waals surface area contributed by atoms with Crippen molar-refractivity contribution in [2.24, 2.45) is 0 Å². The van der Waals surface area contributed by atoms with E-state index >= 15 is 0 Å². The summed E-state index contributed by atoms with van der Waals surface area (Å²) < 4.78 is 11.4. The van der Waals surface area contributed by atoms with Gasteiger partial charge in [-0.15, -0.1) is 0 Å². The highest BCUT2D eigenvalue weighted by atomic mass is 35.5. The Morgan fingerprint density at radius 1 is 1.00 bits per heavy atom. The molecule has 0 radical (unpaired) electrons. The fourth-order valence-electron chi connectivity index (χ4n) is 2.72. The molecule has 0 amide bonds. The van der Waals surface area contributed by atoms with E-state index in [4.69, 9.17) is 21.1 Å². The smallest absolute Gasteiger partial charge is 0.161 e. The van der Waals surface area contributed by atoms with Gasteiger partial charge >= 0.3 is 0 Å². The molecule has 0 aliphatic rings. The van der Waals surface area contributed by atoms with Crippen LogP contribution in [0.25, 0.3) is 0 Å². The van der Waals surface area contributed by atoms with Crippen LogP contribution in [0.5, 0.6) is 11.5 Å². The summed E-state index contributed by atoms with van der Waals surface area (Å²) in [5.41, 5.74) is 3.35. The van der Waals surface area contributed by atoms with Crippen molar-refractivity contribution in [1.29, 1.82) is 0 Å². The van der Waals surface area contributed by atoms with E-state index in [1.54, 1.807) is 19.4 Å². The third kappa shape index (κ3) is 5.46. The second kappa shape index (κ2) is 9.40. The number of halogens is 1. The number of hydrogen-bond acceptors (Lipinski definition) is 4. The standard InChI is InChI=1S/C22H23ClN2O2/c1-16(19-6-4-3-5-7-19)24-13-17-8-10-20(21(12-17)26-2)27-15-18-9-11-22(23)25-14-18/h3-12,14,16,24H,13,15H2,1-2H3. The van der Waals surface area contributed by atoms with Crippen LogP contribution >= 0.6 is 11.6 Å². The van der Waals surface area contributed by atoms with Crippen LogP contribution in [-0.2, 0) is 13.2 Å². The van der Waals surface area contributed by atoms with Gasteiger partial charge in [0.15, 0.2) is 11.5 Å². The van der Waals surface area contributed by atoms with Gasteiger partial charge in [0, 0.05) is 24.3 Å². The molecule has 1 N–H and O–H groups in total. The molecule has 27 heavy (non-hydrogen) atoms. The van der Waals surface area contributed by atoms with Gasteiger partial charge in [-0.25, -0.2) is 4.98 Å². The first-order chi connectivity index (χ1) is 13.2. The number of aromatic nitrogens is 1. The van der Waals surface area contributed by atoms with Crippen molar-refractivity contribution in [2.45, 2.75) is 26.1 Å². The van der Waals surface area contributed by atoms with Crippen LogP contribution in [0.2, 0.25) is 5.15 Å². The Hall–Kier alpha value is -2.56. The van der Waals surface area contributed by atoms with E-state index in [-0.39, 0.29) is 6.04 Å². The summed E-state index contributed by atoms with van der Waals surface area (Å²) in [5, 5.41) is 4.00. The van der Waals surface area contributed by atoms with Gasteiger partial charge in [0.25, 0.3) is 0 Å². The summed E-state index contributed by atoms with van der Waals surface area (Å²) in [6.45, 7) is 3.31. The van der Waals surface area contributed by atoms with Gasteiger partial charge in [0.1, 0.15) is 11.8 Å². The number of nitrogens with one attached hydrogen (secondary N) is 1. The summed E-state index contributed by atoms with van der Waals surface area (Å²) in [5.74, 6) is 1.41. The Morgan fingerprint density at radius 3 is 2.48 bits per heavy atom. The highest BCUT2D eigenvalue weighted by Gasteiger charge is 2.09. The van der Waals surface area contributed by atoms with E-state index < -0.39 is 0 Å². The fraction of sp³-hybridized carbons (Fsp3) is 0.227. The first-order valence-corrected chi connectivity index (χ1v) is 9.22. The maximum absolute atomic E-state index is 5.88. The van der Waals surface area contributed by atoms with E-state index in [0.29, 0.717) is 23.3 Å². The molecule has 0 aliphatic heterocycles. The van der Waals surface area contributed by atoms with E-state index in [2.05, 4.69) is 41.5 Å². The molecule has 0 aliphatic carbocycles. The average molecular weight is 383 g/mol. The quantitative estimate of drug-likeness (QED) is 0.545. The van der Waals surface area contributed by atoms with Crippen molar-refractivity contribution >= 4 is 11.6 Å². The highest BCUT2D eigenvalue weighted by molar-refractivity contribution is 6.29. The monoisotopic (exact) mass is 382 g/mol. The Bertz CT molecular complexity index is 854. The Balaban J connectivity index is 1.60. The van der Waals surface area contributed by atoms with Crippen molar-refractivity contribution in [1.82, 2.24) is 10.3 Å². The van der Waals surface area contributed by atoms with Crippen molar-refractivity contribution in [3.05, 3.63) is 88.7 Å². The minimum atomic E-state index is 0.269. The molecule has 3 aromatic rings. The highest BCUT2D eigenvalue weighted by Crippen LogP contribution is 2.29. The zero-order valence-electron chi connectivity index (χ0n) is 15.5. The third-order valence-corrected chi connectivity index (χ3v) is 4.55. The number of hydrogen-bond donors (Lipinski definition) is 1. The van der Waals surface area contributed by atoms with Crippen LogP contribution in [0.3, 0.4) is 0 Å². The molecule has 3 rings (SSSR count). The molecule has 1 unspecified atom stereocenters. The Labute approximate surface area is 165 Å². The zero-order valence-corrected chi connectivity index (χ0v) is 16.2. The molecule has 1 atom stereocenters. The second-order valence-electron chi connectivity index (χ2n) is 6.28. The van der Waals surface area contributed by atoms with Crippen molar-refractivity contribution in [3.63, 3.8) is 0 Å². The summed E-state index contributed by atoms with van der Waals surface area (Å²) in [6, 6.07) is 20.3. The molecule has 1 heterocycles. The molecule has 140 valence electrons. The van der Waals surface area contributed by atoms with Gasteiger partial charge < -0.3 is 14.8 Å². The number of nitrogens with zero attached hydrogens (tertiary/aromatic N) is 1. The minimum Gasteiger partial charge on any atom is -0.493 e. The number of ether oxygens (including phenoxy) is 2. The van der Waals surface area contributed by atoms with Crippen LogP contribution in [0.15, 0.2) is 66.9 Å². The van der Waals surface area contributed by atoms with Gasteiger partial charge in [-0.1, -0.05) is 54.1 Å². The molecule has 1 aromatic heterocycles. The third-order valence-electron chi connectivity index (χ3n) is 4.32. The molecule has 5 heteroatoms. The predicted octanol–water partition coefficient (Wildman–Crippen LogP) is 5.17. The predicted molar refractivity (Wildman–Crippen MR) is 108 cm³/mol. The summed E-state index contributed by atoms with van der Waals surface area (Å²) >= 11 is 5.81. The first-order valence-electron chi connectivity index (χ1n) is 8.84. The van der Waals surface area contributed by atoms with Crippen LogP contribution in [0, 0.1) is 0 Å². The van der Waals surface area contributed by atoms with E-state index in [0.717, 1.165) is 17.7 Å². The summed E-state index contributed by atoms with van der Waals surface area (Å²) in [4.78, 5) is 4.06. The number of rotatable bonds is 8. The van der Waals surface area contributed by atoms with Crippen LogP contribution in [0.4, 0.5) is 0 Å². The van der Waals surface area contributed by atoms with E-state index in [9.17, 15) is 0 Å². The lowest BCUT2D eigenvalue weighted by molar-refractivity contribution is 0.284. The van der Waals surface area contributed by atoms with Gasteiger partial charge in [-0.05, 0) is 36.2 Å². The normalized spacial score (nSPS) is 11.8. The van der Waals surface area contributed by atoms with Crippen molar-refractivity contribution < 1.29 is 9.47 Å². The van der Waals surface area contributed by atoms with E-state index in [1.165, 1.54) is 5.56 Å². The Kier molecular flexibility index (Phi) is 6.69. The minimum absolute atomic E-state index is 0.269. The van der Waals surface area contributed by atoms with Gasteiger partial charge in [-0.3, -0.25) is 0 Å². The van der Waals surface area contributed by atoms with E-state index in [1.807, 2.05) is 30.3 Å². The van der Waals surface area contributed by atoms with Crippen molar-refractivity contribution in [3.8, 4) is 11.5 Å². The molecule has 0 saturated heterocycles. The topological polar surface area (TPSA) is 43.4 Å². The fourth-order valence-corrected chi connectivity index (χ4v) is 2.84. The lowest BCUT2D eigenvalue weighted by Gasteiger charge is -2.16. The second-order valence-corrected chi connectivity index (χ2v) is 6.66. The van der Waals surface area contributed by atoms with Gasteiger partial charge in [0.05, 0.1) is 7.11 Å². The molecule has 0 bridgehead atoms. The van der Waals surface area contributed by atoms with Crippen LogP contribution in [0.1, 0.15) is 29.7 Å². The van der Waals surface area contributed by atoms with Crippen molar-refractivity contribution in [2.75, 3.05) is 7.11 Å². The molecule has 0 spiro atoms. The largest absolute Gasteiger partial charge is 0.493 e. The van der Waals surface area contributed by atoms with Gasteiger partial charge in [-0.2, -0.15) is 0 Å². The SMILES string of the molecule is COc1cc(CNC(C)c2ccccc2)ccc1OCc1ccc(Cl)nc1. The molecular weight excluding hydrogens is 360 g/mol. The lowest BCUT2D eigenvalue weighted by atomic mass is 10.1.